The molecule has 1 fully saturated rings. The van der Waals surface area contributed by atoms with E-state index in [9.17, 15) is 9.59 Å². The molecule has 0 aromatic heterocycles. The number of ether oxygens (including phenoxy) is 2. The van der Waals surface area contributed by atoms with Gasteiger partial charge >= 0.3 is 5.97 Å². The molecule has 6 heteroatoms. The lowest BCUT2D eigenvalue weighted by Gasteiger charge is -2.31. The molecule has 6 nitrogen and oxygen atoms in total. The van der Waals surface area contributed by atoms with E-state index in [1.165, 1.54) is 0 Å². The van der Waals surface area contributed by atoms with Crippen molar-refractivity contribution in [3.05, 3.63) is 29.8 Å². The van der Waals surface area contributed by atoms with Crippen molar-refractivity contribution in [1.82, 2.24) is 4.90 Å². The van der Waals surface area contributed by atoms with Gasteiger partial charge in [0.1, 0.15) is 5.75 Å². The number of amides is 1. The van der Waals surface area contributed by atoms with Crippen LogP contribution >= 0.6 is 0 Å². The molecular formula is C17H23NO5. The Bertz CT molecular complexity index is 540. The predicted octanol–water partition coefficient (Wildman–Crippen LogP) is 1.58. The number of carbonyl (C=O) groups is 2. The van der Waals surface area contributed by atoms with Crippen LogP contribution < -0.4 is 4.74 Å². The summed E-state index contributed by atoms with van der Waals surface area (Å²) in [5.74, 6) is 0.122. The lowest BCUT2D eigenvalue weighted by atomic mass is 10.1. The van der Waals surface area contributed by atoms with Crippen molar-refractivity contribution in [3.8, 4) is 5.75 Å². The second kappa shape index (κ2) is 7.97. The summed E-state index contributed by atoms with van der Waals surface area (Å²) in [6.45, 7) is 5.61. The van der Waals surface area contributed by atoms with E-state index in [0.717, 1.165) is 11.3 Å². The number of hydrogen-bond acceptors (Lipinski definition) is 4. The average Bonchev–Trinajstić information content (AvgIpc) is 2.54. The number of rotatable bonds is 6. The minimum Gasteiger partial charge on any atom is -0.493 e. The minimum atomic E-state index is -1.03. The largest absolute Gasteiger partial charge is 0.493 e. The third-order valence-electron chi connectivity index (χ3n) is 3.56. The second-order valence-electron chi connectivity index (χ2n) is 6.06. The van der Waals surface area contributed by atoms with Crippen molar-refractivity contribution in [2.45, 2.75) is 26.4 Å². The van der Waals surface area contributed by atoms with Crippen molar-refractivity contribution in [1.29, 1.82) is 0 Å². The van der Waals surface area contributed by atoms with Crippen LogP contribution in [0.25, 0.3) is 0 Å². The molecule has 1 atom stereocenters. The van der Waals surface area contributed by atoms with Crippen LogP contribution in [0, 0.1) is 5.92 Å². The molecule has 0 saturated carbocycles. The number of carboxylic acid groups (broad SMARTS) is 1. The number of carboxylic acids is 1. The van der Waals surface area contributed by atoms with Crippen molar-refractivity contribution in [3.63, 3.8) is 0 Å². The van der Waals surface area contributed by atoms with E-state index in [1.54, 1.807) is 4.90 Å². The molecule has 0 bridgehead atoms. The zero-order valence-corrected chi connectivity index (χ0v) is 13.5. The van der Waals surface area contributed by atoms with Crippen molar-refractivity contribution in [2.24, 2.45) is 5.92 Å². The van der Waals surface area contributed by atoms with Crippen LogP contribution in [0.4, 0.5) is 0 Å². The maximum atomic E-state index is 12.3. The molecule has 2 rings (SSSR count). The molecule has 1 aliphatic rings. The molecule has 1 N–H and O–H groups in total. The Morgan fingerprint density at radius 2 is 2.04 bits per heavy atom. The molecular weight excluding hydrogens is 298 g/mol. The van der Waals surface area contributed by atoms with E-state index < -0.39 is 12.1 Å². The first-order chi connectivity index (χ1) is 11.0. The lowest BCUT2D eigenvalue weighted by Crippen LogP contribution is -2.49. The van der Waals surface area contributed by atoms with E-state index in [-0.39, 0.29) is 25.5 Å². The lowest BCUT2D eigenvalue weighted by molar-refractivity contribution is -0.159. The van der Waals surface area contributed by atoms with Gasteiger partial charge in [0.15, 0.2) is 6.10 Å². The second-order valence-corrected chi connectivity index (χ2v) is 6.06. The average molecular weight is 321 g/mol. The summed E-state index contributed by atoms with van der Waals surface area (Å²) < 4.78 is 10.7. The summed E-state index contributed by atoms with van der Waals surface area (Å²) >= 11 is 0. The summed E-state index contributed by atoms with van der Waals surface area (Å²) in [6.07, 6.45) is -0.684. The van der Waals surface area contributed by atoms with Gasteiger partial charge in [0, 0.05) is 6.54 Å². The van der Waals surface area contributed by atoms with Crippen LogP contribution in [-0.2, 0) is 20.7 Å². The van der Waals surface area contributed by atoms with Gasteiger partial charge in [-0.15, -0.1) is 0 Å². The molecule has 0 radical (unpaired) electrons. The Kier molecular flexibility index (Phi) is 5.98. The fraction of sp³-hybridized carbons (Fsp3) is 0.529. The number of hydrogen-bond donors (Lipinski definition) is 1. The summed E-state index contributed by atoms with van der Waals surface area (Å²) in [4.78, 5) is 24.8. The molecule has 0 aliphatic carbocycles. The summed E-state index contributed by atoms with van der Waals surface area (Å²) in [5, 5.41) is 8.97. The Morgan fingerprint density at radius 1 is 1.35 bits per heavy atom. The first-order valence-corrected chi connectivity index (χ1v) is 7.79. The molecule has 1 heterocycles. The fourth-order valence-electron chi connectivity index (χ4n) is 2.28. The first-order valence-electron chi connectivity index (χ1n) is 7.79. The molecule has 1 saturated heterocycles. The SMILES string of the molecule is CC(C)COc1ccc(CC(=O)N2CCO[C@H](C(=O)O)C2)cc1. The maximum absolute atomic E-state index is 12.3. The van der Waals surface area contributed by atoms with Crippen LogP contribution in [0.2, 0.25) is 0 Å². The highest BCUT2D eigenvalue weighted by atomic mass is 16.5. The molecule has 1 aromatic rings. The normalized spacial score (nSPS) is 18.0. The van der Waals surface area contributed by atoms with Crippen LogP contribution in [0.15, 0.2) is 24.3 Å². The molecule has 1 aromatic carbocycles. The number of morpholine rings is 1. The van der Waals surface area contributed by atoms with Gasteiger partial charge in [-0.2, -0.15) is 0 Å². The molecule has 23 heavy (non-hydrogen) atoms. The topological polar surface area (TPSA) is 76.1 Å². The summed E-state index contributed by atoms with van der Waals surface area (Å²) in [6, 6.07) is 7.43. The monoisotopic (exact) mass is 321 g/mol. The minimum absolute atomic E-state index is 0.0876. The fourth-order valence-corrected chi connectivity index (χ4v) is 2.28. The van der Waals surface area contributed by atoms with E-state index in [4.69, 9.17) is 14.6 Å². The Labute approximate surface area is 136 Å². The molecule has 1 amide bonds. The zero-order chi connectivity index (χ0) is 16.8. The van der Waals surface area contributed by atoms with Crippen molar-refractivity contribution in [2.75, 3.05) is 26.3 Å². The van der Waals surface area contributed by atoms with E-state index >= 15 is 0 Å². The van der Waals surface area contributed by atoms with Gasteiger partial charge < -0.3 is 19.5 Å². The van der Waals surface area contributed by atoms with Crippen LogP contribution in [0.1, 0.15) is 19.4 Å². The highest BCUT2D eigenvalue weighted by Gasteiger charge is 2.28. The van der Waals surface area contributed by atoms with Crippen LogP contribution in [0.5, 0.6) is 5.75 Å². The molecule has 0 unspecified atom stereocenters. The van der Waals surface area contributed by atoms with Crippen molar-refractivity contribution >= 4 is 11.9 Å². The predicted molar refractivity (Wildman–Crippen MR) is 84.4 cm³/mol. The number of aliphatic carboxylic acids is 1. The van der Waals surface area contributed by atoms with Gasteiger partial charge in [-0.1, -0.05) is 26.0 Å². The smallest absolute Gasteiger partial charge is 0.334 e. The quantitative estimate of drug-likeness (QED) is 0.861. The van der Waals surface area contributed by atoms with Gasteiger partial charge in [0.05, 0.1) is 26.2 Å². The Morgan fingerprint density at radius 3 is 2.65 bits per heavy atom. The standard InChI is InChI=1S/C17H23NO5/c1-12(2)11-23-14-5-3-13(4-6-14)9-16(19)18-7-8-22-15(10-18)17(20)21/h3-6,12,15H,7-11H2,1-2H3,(H,20,21)/t15-/m0/s1. The van der Waals surface area contributed by atoms with Gasteiger partial charge in [-0.3, -0.25) is 4.79 Å². The highest BCUT2D eigenvalue weighted by Crippen LogP contribution is 2.15. The Hall–Kier alpha value is -2.08. The van der Waals surface area contributed by atoms with Crippen LogP contribution in [-0.4, -0.2) is 54.3 Å². The summed E-state index contributed by atoms with van der Waals surface area (Å²) in [5.41, 5.74) is 0.880. The number of carbonyl (C=O) groups excluding carboxylic acids is 1. The van der Waals surface area contributed by atoms with E-state index in [2.05, 4.69) is 13.8 Å². The molecule has 0 spiro atoms. The van der Waals surface area contributed by atoms with Gasteiger partial charge in [-0.25, -0.2) is 4.79 Å². The van der Waals surface area contributed by atoms with Gasteiger partial charge in [0.2, 0.25) is 5.91 Å². The third kappa shape index (κ3) is 5.25. The summed E-state index contributed by atoms with van der Waals surface area (Å²) in [7, 11) is 0. The maximum Gasteiger partial charge on any atom is 0.334 e. The van der Waals surface area contributed by atoms with E-state index in [1.807, 2.05) is 24.3 Å². The molecule has 1 aliphatic heterocycles. The van der Waals surface area contributed by atoms with E-state index in [0.29, 0.717) is 19.1 Å². The molecule has 126 valence electrons. The van der Waals surface area contributed by atoms with Crippen LogP contribution in [0.3, 0.4) is 0 Å². The van der Waals surface area contributed by atoms with Gasteiger partial charge in [0.25, 0.3) is 0 Å². The van der Waals surface area contributed by atoms with Crippen molar-refractivity contribution < 1.29 is 24.2 Å². The first kappa shape index (κ1) is 17.3. The zero-order valence-electron chi connectivity index (χ0n) is 13.5. The number of nitrogens with zero attached hydrogens (tertiary/aromatic N) is 1. The van der Waals surface area contributed by atoms with Gasteiger partial charge in [-0.05, 0) is 23.6 Å². The third-order valence-corrected chi connectivity index (χ3v) is 3.56. The Balaban J connectivity index is 1.88. The number of benzene rings is 1. The highest BCUT2D eigenvalue weighted by molar-refractivity contribution is 5.80.